The van der Waals surface area contributed by atoms with Crippen molar-refractivity contribution in [2.45, 2.75) is 6.42 Å². The number of aromatic nitrogens is 1. The second-order valence-electron chi connectivity index (χ2n) is 3.88. The Balaban J connectivity index is 2.27. The lowest BCUT2D eigenvalue weighted by Gasteiger charge is -2.08. The molecule has 0 aliphatic heterocycles. The lowest BCUT2D eigenvalue weighted by Crippen LogP contribution is -2.09. The molecule has 0 fully saturated rings. The molecule has 0 aliphatic carbocycles. The molecule has 0 unspecified atom stereocenters. The molecule has 5 heteroatoms. The van der Waals surface area contributed by atoms with Gasteiger partial charge in [-0.15, -0.1) is 0 Å². The molecule has 1 aromatic heterocycles. The number of benzene rings is 1. The molecule has 0 saturated heterocycles. The monoisotopic (exact) mass is 323 g/mol. The highest BCUT2D eigenvalue weighted by Crippen LogP contribution is 2.23. The van der Waals surface area contributed by atoms with Crippen LogP contribution in [0.2, 0.25) is 0 Å². The molecule has 0 saturated carbocycles. The zero-order chi connectivity index (χ0) is 13.8. The van der Waals surface area contributed by atoms with Gasteiger partial charge in [0.1, 0.15) is 11.6 Å². The van der Waals surface area contributed by atoms with Gasteiger partial charge in [-0.05, 0) is 40.2 Å². The van der Waals surface area contributed by atoms with E-state index in [4.69, 9.17) is 4.74 Å². The Hall–Kier alpha value is -1.75. The van der Waals surface area contributed by atoms with E-state index in [0.29, 0.717) is 5.69 Å². The summed E-state index contributed by atoms with van der Waals surface area (Å²) in [4.78, 5) is 16.2. The minimum atomic E-state index is -0.582. The summed E-state index contributed by atoms with van der Waals surface area (Å²) in [5.41, 5.74) is 0.549. The van der Waals surface area contributed by atoms with E-state index in [1.54, 1.807) is 24.4 Å². The van der Waals surface area contributed by atoms with E-state index in [-0.39, 0.29) is 23.5 Å². The molecule has 0 bridgehead atoms. The predicted octanol–water partition coefficient (Wildman–Crippen LogP) is 3.42. The van der Waals surface area contributed by atoms with Gasteiger partial charge < -0.3 is 4.74 Å². The van der Waals surface area contributed by atoms with Crippen molar-refractivity contribution in [3.05, 3.63) is 58.1 Å². The molecule has 1 aromatic carbocycles. The van der Waals surface area contributed by atoms with Gasteiger partial charge in [0, 0.05) is 16.4 Å². The molecule has 0 amide bonds. The van der Waals surface area contributed by atoms with Crippen molar-refractivity contribution in [3.63, 3.8) is 0 Å². The Morgan fingerprint density at radius 2 is 2.16 bits per heavy atom. The van der Waals surface area contributed by atoms with Crippen LogP contribution in [0.25, 0.3) is 0 Å². The van der Waals surface area contributed by atoms with E-state index in [1.165, 1.54) is 19.2 Å². The van der Waals surface area contributed by atoms with Gasteiger partial charge in [-0.2, -0.15) is 0 Å². The van der Waals surface area contributed by atoms with Gasteiger partial charge in [-0.1, -0.05) is 6.07 Å². The number of methoxy groups -OCH3 is 1. The van der Waals surface area contributed by atoms with Crippen LogP contribution in [-0.2, 0) is 6.42 Å². The Morgan fingerprint density at radius 1 is 1.37 bits per heavy atom. The Labute approximate surface area is 118 Å². The number of rotatable bonds is 4. The summed E-state index contributed by atoms with van der Waals surface area (Å²) in [5.74, 6) is -0.701. The third kappa shape index (κ3) is 3.17. The van der Waals surface area contributed by atoms with Crippen LogP contribution >= 0.6 is 15.9 Å². The second-order valence-corrected chi connectivity index (χ2v) is 4.80. The average Bonchev–Trinajstić information content (AvgIpc) is 2.40. The molecule has 19 heavy (non-hydrogen) atoms. The fourth-order valence-corrected chi connectivity index (χ4v) is 1.94. The number of hydrogen-bond acceptors (Lipinski definition) is 3. The number of nitrogens with zero attached hydrogens (tertiary/aromatic N) is 1. The van der Waals surface area contributed by atoms with Crippen molar-refractivity contribution in [3.8, 4) is 5.75 Å². The minimum absolute atomic E-state index is 0.0323. The molecule has 2 rings (SSSR count). The highest BCUT2D eigenvalue weighted by Gasteiger charge is 2.18. The first-order valence-corrected chi connectivity index (χ1v) is 6.37. The van der Waals surface area contributed by atoms with Gasteiger partial charge in [0.05, 0.1) is 19.1 Å². The minimum Gasteiger partial charge on any atom is -0.496 e. The van der Waals surface area contributed by atoms with Crippen LogP contribution in [0, 0.1) is 5.82 Å². The third-order valence-corrected chi connectivity index (χ3v) is 3.07. The lowest BCUT2D eigenvalue weighted by atomic mass is 10.0. The smallest absolute Gasteiger partial charge is 0.175 e. The first-order valence-electron chi connectivity index (χ1n) is 5.58. The zero-order valence-electron chi connectivity index (χ0n) is 10.2. The summed E-state index contributed by atoms with van der Waals surface area (Å²) in [6.45, 7) is 0. The molecule has 0 radical (unpaired) electrons. The van der Waals surface area contributed by atoms with Crippen LogP contribution in [0.15, 0.2) is 41.0 Å². The number of ketones is 1. The summed E-state index contributed by atoms with van der Waals surface area (Å²) in [7, 11) is 1.41. The van der Waals surface area contributed by atoms with E-state index in [9.17, 15) is 9.18 Å². The van der Waals surface area contributed by atoms with Gasteiger partial charge in [0.25, 0.3) is 0 Å². The van der Waals surface area contributed by atoms with Gasteiger partial charge >= 0.3 is 0 Å². The zero-order valence-corrected chi connectivity index (χ0v) is 11.8. The summed E-state index contributed by atoms with van der Waals surface area (Å²) < 4.78 is 19.6. The quantitative estimate of drug-likeness (QED) is 0.809. The number of hydrogen-bond donors (Lipinski definition) is 0. The fourth-order valence-electron chi connectivity index (χ4n) is 1.71. The van der Waals surface area contributed by atoms with Gasteiger partial charge in [-0.3, -0.25) is 9.78 Å². The summed E-state index contributed by atoms with van der Waals surface area (Å²) >= 11 is 3.26. The molecule has 0 N–H and O–H groups in total. The van der Waals surface area contributed by atoms with Gasteiger partial charge in [0.2, 0.25) is 0 Å². The molecule has 0 spiro atoms. The standard InChI is InChI=1S/C14H11BrFNO2/c1-19-13-4-2-3-11(16)14(13)12(18)7-10-6-5-9(15)8-17-10/h2-6,8H,7H2,1H3. The fraction of sp³-hybridized carbons (Fsp3) is 0.143. The molecule has 98 valence electrons. The molecule has 1 heterocycles. The van der Waals surface area contributed by atoms with Crippen LogP contribution < -0.4 is 4.74 Å². The molecular formula is C14H11BrFNO2. The maximum absolute atomic E-state index is 13.7. The van der Waals surface area contributed by atoms with Crippen molar-refractivity contribution < 1.29 is 13.9 Å². The van der Waals surface area contributed by atoms with E-state index >= 15 is 0 Å². The average molecular weight is 324 g/mol. The number of ether oxygens (including phenoxy) is 1. The van der Waals surface area contributed by atoms with Gasteiger partial charge in [0.15, 0.2) is 5.78 Å². The Kier molecular flexibility index (Phi) is 4.27. The number of carbonyl (C=O) groups is 1. The van der Waals surface area contributed by atoms with Crippen LogP contribution in [0.5, 0.6) is 5.75 Å². The highest BCUT2D eigenvalue weighted by molar-refractivity contribution is 9.10. The Bertz CT molecular complexity index is 599. The third-order valence-electron chi connectivity index (χ3n) is 2.60. The van der Waals surface area contributed by atoms with E-state index < -0.39 is 5.82 Å². The number of Topliss-reactive ketones (excluding diaryl/α,β-unsaturated/α-hetero) is 1. The summed E-state index contributed by atoms with van der Waals surface area (Å²) in [6.07, 6.45) is 1.63. The largest absolute Gasteiger partial charge is 0.496 e. The Morgan fingerprint density at radius 3 is 2.79 bits per heavy atom. The maximum atomic E-state index is 13.7. The maximum Gasteiger partial charge on any atom is 0.175 e. The van der Waals surface area contributed by atoms with Crippen molar-refractivity contribution in [2.24, 2.45) is 0 Å². The number of carbonyl (C=O) groups excluding carboxylic acids is 1. The topological polar surface area (TPSA) is 39.2 Å². The molecule has 2 aromatic rings. The predicted molar refractivity (Wildman–Crippen MR) is 72.9 cm³/mol. The molecule has 0 atom stereocenters. The van der Waals surface area contributed by atoms with Crippen LogP contribution in [0.4, 0.5) is 4.39 Å². The van der Waals surface area contributed by atoms with E-state index in [0.717, 1.165) is 4.47 Å². The summed E-state index contributed by atoms with van der Waals surface area (Å²) in [5, 5.41) is 0. The van der Waals surface area contributed by atoms with Crippen molar-refractivity contribution >= 4 is 21.7 Å². The van der Waals surface area contributed by atoms with Crippen LogP contribution in [0.3, 0.4) is 0 Å². The van der Waals surface area contributed by atoms with Crippen LogP contribution in [-0.4, -0.2) is 17.9 Å². The van der Waals surface area contributed by atoms with E-state index in [1.807, 2.05) is 0 Å². The molecule has 3 nitrogen and oxygen atoms in total. The van der Waals surface area contributed by atoms with Crippen molar-refractivity contribution in [1.82, 2.24) is 4.98 Å². The summed E-state index contributed by atoms with van der Waals surface area (Å²) in [6, 6.07) is 7.81. The SMILES string of the molecule is COc1cccc(F)c1C(=O)Cc1ccc(Br)cn1. The number of halogens is 2. The highest BCUT2D eigenvalue weighted by atomic mass is 79.9. The first kappa shape index (κ1) is 13.7. The van der Waals surface area contributed by atoms with Gasteiger partial charge in [-0.25, -0.2) is 4.39 Å². The molecular weight excluding hydrogens is 313 g/mol. The van der Waals surface area contributed by atoms with E-state index in [2.05, 4.69) is 20.9 Å². The first-order chi connectivity index (χ1) is 9.11. The van der Waals surface area contributed by atoms with Crippen molar-refractivity contribution in [2.75, 3.05) is 7.11 Å². The lowest BCUT2D eigenvalue weighted by molar-refractivity contribution is 0.0985. The number of pyridine rings is 1. The normalized spacial score (nSPS) is 10.3. The second kappa shape index (κ2) is 5.93. The molecule has 0 aliphatic rings. The van der Waals surface area contributed by atoms with Crippen LogP contribution in [0.1, 0.15) is 16.1 Å². The van der Waals surface area contributed by atoms with Crippen molar-refractivity contribution in [1.29, 1.82) is 0 Å².